The number of benzene rings is 2. The number of amides is 1. The smallest absolute Gasteiger partial charge is 0.416 e. The number of fused-ring (bicyclic) bond motifs is 3. The largest absolute Gasteiger partial charge is 0.490 e. The normalized spacial score (nSPS) is 20.7. The zero-order chi connectivity index (χ0) is 24.5. The Balaban J connectivity index is 1.55. The highest BCUT2D eigenvalue weighted by atomic mass is 35.5. The van der Waals surface area contributed by atoms with Crippen LogP contribution in [-0.4, -0.2) is 34.5 Å². The molecule has 1 aromatic heterocycles. The van der Waals surface area contributed by atoms with Crippen molar-refractivity contribution in [3.63, 3.8) is 0 Å². The first kappa shape index (κ1) is 23.6. The molecule has 1 aliphatic heterocycles. The lowest BCUT2D eigenvalue weighted by Crippen LogP contribution is -2.43. The van der Waals surface area contributed by atoms with Crippen LogP contribution in [0.2, 0.25) is 5.02 Å². The Kier molecular flexibility index (Phi) is 6.63. The van der Waals surface area contributed by atoms with Crippen LogP contribution < -0.4 is 20.0 Å². The molecule has 3 atom stereocenters. The highest BCUT2D eigenvalue weighted by Crippen LogP contribution is 2.34. The van der Waals surface area contributed by atoms with E-state index in [4.69, 9.17) is 32.7 Å². The molecule has 3 aromatic rings. The van der Waals surface area contributed by atoms with E-state index in [9.17, 15) is 4.79 Å². The van der Waals surface area contributed by atoms with E-state index in [1.807, 2.05) is 24.3 Å². The van der Waals surface area contributed by atoms with Crippen molar-refractivity contribution in [1.29, 1.82) is 0 Å². The van der Waals surface area contributed by atoms with Crippen LogP contribution in [0.1, 0.15) is 29.8 Å². The number of carbonyl (C=O) groups excluding carboxylic acids is 1. The van der Waals surface area contributed by atoms with Gasteiger partial charge in [0.15, 0.2) is 0 Å². The monoisotopic (exact) mass is 508 g/mol. The van der Waals surface area contributed by atoms with Crippen LogP contribution in [-0.2, 0) is 6.42 Å². The predicted molar refractivity (Wildman–Crippen MR) is 140 cm³/mol. The van der Waals surface area contributed by atoms with Crippen LogP contribution in [0.4, 0.5) is 4.79 Å². The Morgan fingerprint density at radius 3 is 2.57 bits per heavy atom. The van der Waals surface area contributed by atoms with E-state index in [0.717, 1.165) is 27.6 Å². The van der Waals surface area contributed by atoms with Gasteiger partial charge < -0.3 is 14.5 Å². The number of rotatable bonds is 5. The number of halogens is 2. The van der Waals surface area contributed by atoms with Gasteiger partial charge in [0.25, 0.3) is 0 Å². The topological polar surface area (TPSA) is 54.6 Å². The summed E-state index contributed by atoms with van der Waals surface area (Å²) in [5, 5.41) is 2.72. The van der Waals surface area contributed by atoms with Gasteiger partial charge in [-0.05, 0) is 59.9 Å². The maximum absolute atomic E-state index is 13.4. The SMILES string of the molecule is C=CCOc1ccc(C2c3[nH]c4c(c3CCN2C(=O)Oc2ccc(Cl)cc2)=CC(Cl)C(C)C=4)cc1. The van der Waals surface area contributed by atoms with Gasteiger partial charge in [-0.25, -0.2) is 4.79 Å². The molecule has 2 heterocycles. The van der Waals surface area contributed by atoms with Gasteiger partial charge in [-0.3, -0.25) is 4.90 Å². The zero-order valence-electron chi connectivity index (χ0n) is 19.3. The molecule has 180 valence electrons. The average molecular weight is 509 g/mol. The molecular weight excluding hydrogens is 483 g/mol. The Labute approximate surface area is 214 Å². The fourth-order valence-electron chi connectivity index (χ4n) is 4.71. The van der Waals surface area contributed by atoms with Gasteiger partial charge in [0.2, 0.25) is 0 Å². The molecule has 2 aromatic carbocycles. The lowest BCUT2D eigenvalue weighted by molar-refractivity contribution is 0.135. The summed E-state index contributed by atoms with van der Waals surface area (Å²) in [4.78, 5) is 18.8. The van der Waals surface area contributed by atoms with Gasteiger partial charge in [0.1, 0.15) is 24.1 Å². The molecule has 0 fully saturated rings. The number of aromatic amines is 1. The van der Waals surface area contributed by atoms with Gasteiger partial charge in [-0.15, -0.1) is 11.6 Å². The molecule has 0 saturated carbocycles. The molecule has 3 unspecified atom stereocenters. The molecule has 1 aliphatic carbocycles. The Morgan fingerprint density at radius 1 is 1.14 bits per heavy atom. The minimum Gasteiger partial charge on any atom is -0.490 e. The molecule has 0 radical (unpaired) electrons. The molecule has 0 saturated heterocycles. The number of H-pyrrole nitrogens is 1. The van der Waals surface area contributed by atoms with E-state index in [0.29, 0.717) is 30.3 Å². The van der Waals surface area contributed by atoms with Crippen molar-refractivity contribution in [2.45, 2.75) is 24.8 Å². The van der Waals surface area contributed by atoms with Crippen molar-refractivity contribution in [3.05, 3.63) is 93.6 Å². The first-order valence-electron chi connectivity index (χ1n) is 11.6. The van der Waals surface area contributed by atoms with E-state index < -0.39 is 6.09 Å². The number of hydrogen-bond acceptors (Lipinski definition) is 3. The average Bonchev–Trinajstić information content (AvgIpc) is 3.21. The number of ether oxygens (including phenoxy) is 2. The van der Waals surface area contributed by atoms with Crippen molar-refractivity contribution < 1.29 is 14.3 Å². The minimum absolute atomic E-state index is 0.0601. The van der Waals surface area contributed by atoms with Crippen LogP contribution >= 0.6 is 23.2 Å². The van der Waals surface area contributed by atoms with Crippen molar-refractivity contribution >= 4 is 41.4 Å². The first-order chi connectivity index (χ1) is 16.9. The van der Waals surface area contributed by atoms with Gasteiger partial charge >= 0.3 is 6.09 Å². The summed E-state index contributed by atoms with van der Waals surface area (Å²) in [7, 11) is 0. The van der Waals surface area contributed by atoms with E-state index in [2.05, 4.69) is 30.6 Å². The lowest BCUT2D eigenvalue weighted by atomic mass is 9.92. The van der Waals surface area contributed by atoms with Crippen LogP contribution in [0, 0.1) is 5.92 Å². The Hall–Kier alpha value is -3.15. The van der Waals surface area contributed by atoms with Crippen molar-refractivity contribution in [2.75, 3.05) is 13.2 Å². The van der Waals surface area contributed by atoms with Gasteiger partial charge in [0.05, 0.1) is 5.38 Å². The summed E-state index contributed by atoms with van der Waals surface area (Å²) in [6.07, 6.45) is 6.29. The predicted octanol–water partition coefficient (Wildman–Crippen LogP) is 5.20. The molecule has 5 nitrogen and oxygen atoms in total. The number of aromatic nitrogens is 1. The fraction of sp³-hybridized carbons (Fsp3) is 0.250. The summed E-state index contributed by atoms with van der Waals surface area (Å²) in [6.45, 7) is 6.74. The van der Waals surface area contributed by atoms with Gasteiger partial charge in [-0.1, -0.05) is 55.5 Å². The Bertz CT molecular complexity index is 1360. The van der Waals surface area contributed by atoms with E-state index in [-0.39, 0.29) is 17.3 Å². The highest BCUT2D eigenvalue weighted by molar-refractivity contribution is 6.30. The third-order valence-corrected chi connectivity index (χ3v) is 7.25. The summed E-state index contributed by atoms with van der Waals surface area (Å²) in [6, 6.07) is 14.2. The van der Waals surface area contributed by atoms with Crippen molar-refractivity contribution in [2.24, 2.45) is 5.92 Å². The molecule has 5 rings (SSSR count). The van der Waals surface area contributed by atoms with Gasteiger partial charge in [0, 0.05) is 27.8 Å². The molecular formula is C28H26Cl2N2O3. The van der Waals surface area contributed by atoms with Crippen LogP contribution in [0.5, 0.6) is 11.5 Å². The third kappa shape index (κ3) is 4.71. The molecule has 1 amide bonds. The Morgan fingerprint density at radius 2 is 1.86 bits per heavy atom. The number of carbonyl (C=O) groups is 1. The van der Waals surface area contributed by atoms with Crippen LogP contribution in [0.15, 0.2) is 61.2 Å². The zero-order valence-corrected chi connectivity index (χ0v) is 20.9. The molecule has 1 N–H and O–H groups in total. The molecule has 7 heteroatoms. The number of hydrogen-bond donors (Lipinski definition) is 1. The lowest BCUT2D eigenvalue weighted by Gasteiger charge is -2.35. The standard InChI is InChI=1S/C28H26Cl2N2O3/c1-3-14-34-20-8-4-18(5-9-20)27-26-22(23-16-24(30)17(2)15-25(23)31-26)12-13-32(27)28(33)35-21-10-6-19(29)7-11-21/h3-11,15-17,24,27,31H,1,12-14H2,2H3. The van der Waals surface area contributed by atoms with Crippen molar-refractivity contribution in [3.8, 4) is 11.5 Å². The number of nitrogens with one attached hydrogen (secondary N) is 1. The van der Waals surface area contributed by atoms with Gasteiger partial charge in [-0.2, -0.15) is 0 Å². The van der Waals surface area contributed by atoms with Crippen molar-refractivity contribution in [1.82, 2.24) is 9.88 Å². The summed E-state index contributed by atoms with van der Waals surface area (Å²) in [5.41, 5.74) is 3.14. The van der Waals surface area contributed by atoms with Crippen LogP contribution in [0.25, 0.3) is 12.2 Å². The summed E-state index contributed by atoms with van der Waals surface area (Å²) in [5.74, 6) is 1.41. The van der Waals surface area contributed by atoms with E-state index in [1.165, 1.54) is 5.56 Å². The minimum atomic E-state index is -0.418. The third-order valence-electron chi connectivity index (χ3n) is 6.47. The first-order valence-corrected chi connectivity index (χ1v) is 12.4. The van der Waals surface area contributed by atoms with Crippen LogP contribution in [0.3, 0.4) is 0 Å². The molecule has 0 bridgehead atoms. The number of alkyl halides is 1. The second-order valence-corrected chi connectivity index (χ2v) is 9.76. The summed E-state index contributed by atoms with van der Waals surface area (Å²) < 4.78 is 11.4. The second kappa shape index (κ2) is 9.84. The van der Waals surface area contributed by atoms with E-state index in [1.54, 1.807) is 35.2 Å². The fourth-order valence-corrected chi connectivity index (χ4v) is 5.03. The maximum Gasteiger partial charge on any atom is 0.416 e. The summed E-state index contributed by atoms with van der Waals surface area (Å²) >= 11 is 12.6. The maximum atomic E-state index is 13.4. The molecule has 0 spiro atoms. The number of nitrogens with zero attached hydrogens (tertiary/aromatic N) is 1. The molecule has 2 aliphatic rings. The molecule has 35 heavy (non-hydrogen) atoms. The second-order valence-electron chi connectivity index (χ2n) is 8.82. The quantitative estimate of drug-likeness (QED) is 0.380. The van der Waals surface area contributed by atoms with E-state index >= 15 is 0 Å². The highest BCUT2D eigenvalue weighted by Gasteiger charge is 2.36.